The first-order chi connectivity index (χ1) is 19.7. The molecule has 3 aromatic rings. The Morgan fingerprint density at radius 1 is 0.902 bits per heavy atom. The predicted octanol–water partition coefficient (Wildman–Crippen LogP) is 7.62. The lowest BCUT2D eigenvalue weighted by Crippen LogP contribution is -2.37. The molecule has 3 aromatic carbocycles. The van der Waals surface area contributed by atoms with E-state index in [9.17, 15) is 9.59 Å². The first-order valence-corrected chi connectivity index (χ1v) is 14.7. The second kappa shape index (κ2) is 12.4. The number of methoxy groups -OCH3 is 1. The van der Waals surface area contributed by atoms with Gasteiger partial charge in [0.05, 0.1) is 18.7 Å². The maximum absolute atomic E-state index is 13.3. The molecule has 0 spiro atoms. The van der Waals surface area contributed by atoms with Crippen molar-refractivity contribution in [1.29, 1.82) is 0 Å². The number of carbonyl (C=O) groups is 2. The van der Waals surface area contributed by atoms with Crippen LogP contribution in [0.15, 0.2) is 72.8 Å². The summed E-state index contributed by atoms with van der Waals surface area (Å²) in [5, 5.41) is 0. The Labute approximate surface area is 243 Å². The number of rotatable bonds is 8. The normalized spacial score (nSPS) is 19.0. The van der Waals surface area contributed by atoms with E-state index < -0.39 is 5.60 Å². The summed E-state index contributed by atoms with van der Waals surface area (Å²) in [6.45, 7) is 6.24. The van der Waals surface area contributed by atoms with Crippen LogP contribution in [-0.4, -0.2) is 31.2 Å². The molecular formula is C35H41NO5. The lowest BCUT2D eigenvalue weighted by Gasteiger charge is -2.36. The highest BCUT2D eigenvalue weighted by atomic mass is 16.6. The third kappa shape index (κ3) is 6.75. The van der Waals surface area contributed by atoms with E-state index in [1.54, 1.807) is 0 Å². The number of carbonyl (C=O) groups excluding carboxylic acids is 2. The zero-order chi connectivity index (χ0) is 29.0. The second-order valence-corrected chi connectivity index (χ2v) is 12.2. The molecule has 0 N–H and O–H groups in total. The predicted molar refractivity (Wildman–Crippen MR) is 160 cm³/mol. The molecule has 2 aliphatic rings. The fourth-order valence-electron chi connectivity index (χ4n) is 6.42. The molecule has 0 aromatic heterocycles. The summed E-state index contributed by atoms with van der Waals surface area (Å²) in [6, 6.07) is 24.1. The summed E-state index contributed by atoms with van der Waals surface area (Å²) < 4.78 is 16.9. The molecule has 0 saturated heterocycles. The van der Waals surface area contributed by atoms with Crippen molar-refractivity contribution in [3.05, 3.63) is 95.1 Å². The lowest BCUT2D eigenvalue weighted by atomic mass is 9.73. The number of anilines is 1. The molecule has 1 heterocycles. The van der Waals surface area contributed by atoms with Gasteiger partial charge in [-0.05, 0) is 80.5 Å². The topological polar surface area (TPSA) is 65.1 Å². The van der Waals surface area contributed by atoms with Gasteiger partial charge in [-0.15, -0.1) is 0 Å². The molecule has 1 aliphatic heterocycles. The van der Waals surface area contributed by atoms with Crippen molar-refractivity contribution in [3.8, 4) is 5.75 Å². The van der Waals surface area contributed by atoms with Gasteiger partial charge < -0.3 is 19.1 Å². The van der Waals surface area contributed by atoms with Crippen molar-refractivity contribution in [3.63, 3.8) is 0 Å². The zero-order valence-electron chi connectivity index (χ0n) is 24.6. The number of ether oxygens (including phenoxy) is 3. The number of hydrogen-bond donors (Lipinski definition) is 0. The average molecular weight is 556 g/mol. The van der Waals surface area contributed by atoms with Gasteiger partial charge in [0.1, 0.15) is 24.5 Å². The Morgan fingerprint density at radius 2 is 1.61 bits per heavy atom. The van der Waals surface area contributed by atoms with Gasteiger partial charge in [0.2, 0.25) is 0 Å². The van der Waals surface area contributed by atoms with Crippen molar-refractivity contribution in [1.82, 2.24) is 0 Å². The van der Waals surface area contributed by atoms with Gasteiger partial charge in [-0.25, -0.2) is 4.79 Å². The molecule has 6 heteroatoms. The van der Waals surface area contributed by atoms with Crippen LogP contribution in [0.5, 0.6) is 5.75 Å². The van der Waals surface area contributed by atoms with Crippen molar-refractivity contribution >= 4 is 17.6 Å². The maximum Gasteiger partial charge on any atom is 0.337 e. The van der Waals surface area contributed by atoms with Crippen LogP contribution in [0.25, 0.3) is 0 Å². The Morgan fingerprint density at radius 3 is 2.27 bits per heavy atom. The monoisotopic (exact) mass is 555 g/mol. The molecule has 1 aliphatic carbocycles. The van der Waals surface area contributed by atoms with Gasteiger partial charge >= 0.3 is 11.9 Å². The minimum atomic E-state index is -0.594. The highest BCUT2D eigenvalue weighted by Crippen LogP contribution is 2.55. The highest BCUT2D eigenvalue weighted by molar-refractivity contribution is 5.92. The summed E-state index contributed by atoms with van der Waals surface area (Å²) in [5.74, 6) is 0.797. The molecule has 41 heavy (non-hydrogen) atoms. The Bertz CT molecular complexity index is 1340. The van der Waals surface area contributed by atoms with Crippen LogP contribution in [0, 0.1) is 5.92 Å². The van der Waals surface area contributed by atoms with Gasteiger partial charge in [-0.2, -0.15) is 0 Å². The zero-order valence-corrected chi connectivity index (χ0v) is 24.6. The molecular weight excluding hydrogens is 514 g/mol. The summed E-state index contributed by atoms with van der Waals surface area (Å²) in [5.41, 5.74) is 4.21. The fraction of sp³-hybridized carbons (Fsp3) is 0.429. The summed E-state index contributed by atoms with van der Waals surface area (Å²) in [4.78, 5) is 27.9. The molecule has 216 valence electrons. The maximum atomic E-state index is 13.3. The van der Waals surface area contributed by atoms with E-state index >= 15 is 0 Å². The van der Waals surface area contributed by atoms with Crippen LogP contribution in [0.3, 0.4) is 0 Å². The van der Waals surface area contributed by atoms with Crippen LogP contribution < -0.4 is 9.64 Å². The van der Waals surface area contributed by atoms with Gasteiger partial charge in [-0.3, -0.25) is 4.79 Å². The molecule has 0 bridgehead atoms. The van der Waals surface area contributed by atoms with E-state index in [1.807, 2.05) is 63.2 Å². The van der Waals surface area contributed by atoms with Gasteiger partial charge in [0.15, 0.2) is 0 Å². The first-order valence-electron chi connectivity index (χ1n) is 14.7. The molecule has 2 unspecified atom stereocenters. The summed E-state index contributed by atoms with van der Waals surface area (Å²) >= 11 is 0. The number of esters is 2. The number of benzene rings is 3. The van der Waals surface area contributed by atoms with E-state index in [0.29, 0.717) is 18.1 Å². The van der Waals surface area contributed by atoms with Gasteiger partial charge in [0, 0.05) is 11.6 Å². The van der Waals surface area contributed by atoms with Gasteiger partial charge in [0.25, 0.3) is 0 Å². The SMILES string of the molecule is COC(=O)c1ccc2c(c1)N(CC(=O)OC(C)(C)C)C(c1ccc(OCc3ccccc3)cc1)C2C1CCCCC1. The number of hydrogen-bond acceptors (Lipinski definition) is 6. The Balaban J connectivity index is 1.51. The average Bonchev–Trinajstić information content (AvgIpc) is 3.29. The Kier molecular flexibility index (Phi) is 8.67. The van der Waals surface area contributed by atoms with Crippen LogP contribution in [0.4, 0.5) is 5.69 Å². The quantitative estimate of drug-likeness (QED) is 0.267. The molecule has 6 nitrogen and oxygen atoms in total. The molecule has 1 fully saturated rings. The molecule has 0 radical (unpaired) electrons. The van der Waals surface area contributed by atoms with Crippen LogP contribution in [-0.2, 0) is 20.9 Å². The van der Waals surface area contributed by atoms with Crippen molar-refractivity contribution in [2.75, 3.05) is 18.6 Å². The largest absolute Gasteiger partial charge is 0.489 e. The van der Waals surface area contributed by atoms with E-state index in [-0.39, 0.29) is 30.4 Å². The van der Waals surface area contributed by atoms with E-state index in [1.165, 1.54) is 31.9 Å². The second-order valence-electron chi connectivity index (χ2n) is 12.2. The molecule has 5 rings (SSSR count). The fourth-order valence-corrected chi connectivity index (χ4v) is 6.42. The van der Waals surface area contributed by atoms with Crippen molar-refractivity contribution in [2.45, 2.75) is 77.0 Å². The van der Waals surface area contributed by atoms with Crippen LogP contribution >= 0.6 is 0 Å². The lowest BCUT2D eigenvalue weighted by molar-refractivity contribution is -0.153. The first kappa shape index (κ1) is 28.7. The standard InChI is InChI=1S/C35H41NO5/c1-35(2,3)41-31(37)22-36-30-21-27(34(38)39-4)17-20-29(30)32(25-13-9-6-10-14-25)33(36)26-15-18-28(19-16-26)40-23-24-11-7-5-8-12-24/h5,7-8,11-12,15-21,25,32-33H,6,9-10,13-14,22-23H2,1-4H3. The van der Waals surface area contributed by atoms with Gasteiger partial charge in [-0.1, -0.05) is 67.8 Å². The van der Waals surface area contributed by atoms with E-state index in [4.69, 9.17) is 14.2 Å². The highest BCUT2D eigenvalue weighted by Gasteiger charge is 2.44. The van der Waals surface area contributed by atoms with Crippen molar-refractivity contribution in [2.24, 2.45) is 5.92 Å². The third-order valence-electron chi connectivity index (χ3n) is 8.14. The van der Waals surface area contributed by atoms with Crippen molar-refractivity contribution < 1.29 is 23.8 Å². The minimum absolute atomic E-state index is 0.0725. The summed E-state index contributed by atoms with van der Waals surface area (Å²) in [6.07, 6.45) is 5.98. The van der Waals surface area contributed by atoms with Crippen LogP contribution in [0.2, 0.25) is 0 Å². The van der Waals surface area contributed by atoms with E-state index in [0.717, 1.165) is 35.4 Å². The molecule has 2 atom stereocenters. The third-order valence-corrected chi connectivity index (χ3v) is 8.14. The summed E-state index contributed by atoms with van der Waals surface area (Å²) in [7, 11) is 1.39. The minimum Gasteiger partial charge on any atom is -0.489 e. The molecule has 0 amide bonds. The number of nitrogens with zero attached hydrogens (tertiary/aromatic N) is 1. The van der Waals surface area contributed by atoms with Crippen LogP contribution in [0.1, 0.15) is 91.9 Å². The Hall–Kier alpha value is -3.80. The smallest absolute Gasteiger partial charge is 0.337 e. The number of fused-ring (bicyclic) bond motifs is 1. The van der Waals surface area contributed by atoms with E-state index in [2.05, 4.69) is 35.2 Å². The molecule has 1 saturated carbocycles.